The van der Waals surface area contributed by atoms with Crippen LogP contribution < -0.4 is 16.2 Å². The summed E-state index contributed by atoms with van der Waals surface area (Å²) in [4.78, 5) is 14.7. The summed E-state index contributed by atoms with van der Waals surface area (Å²) in [6.45, 7) is 0. The van der Waals surface area contributed by atoms with Crippen molar-refractivity contribution in [3.8, 4) is 11.6 Å². The average molecular weight is 297 g/mol. The van der Waals surface area contributed by atoms with Gasteiger partial charge in [-0.3, -0.25) is 4.79 Å². The number of amides is 1. The molecule has 0 aliphatic heterocycles. The van der Waals surface area contributed by atoms with Crippen LogP contribution >= 0.6 is 0 Å². The number of nitrogen functional groups attached to an aromatic ring is 1. The number of aromatic nitrogens is 1. The molecule has 110 valence electrons. The highest BCUT2D eigenvalue weighted by molar-refractivity contribution is 5.91. The smallest absolute Gasteiger partial charge is 0.419 e. The number of primary amides is 1. The van der Waals surface area contributed by atoms with Crippen LogP contribution in [-0.4, -0.2) is 10.9 Å². The van der Waals surface area contributed by atoms with E-state index in [9.17, 15) is 18.0 Å². The fourth-order valence-corrected chi connectivity index (χ4v) is 1.56. The van der Waals surface area contributed by atoms with E-state index < -0.39 is 23.4 Å². The molecule has 2 rings (SSSR count). The Labute approximate surface area is 117 Å². The van der Waals surface area contributed by atoms with Crippen LogP contribution in [0, 0.1) is 0 Å². The number of alkyl halides is 3. The summed E-state index contributed by atoms with van der Waals surface area (Å²) in [6.07, 6.45) is -4.59. The van der Waals surface area contributed by atoms with E-state index in [4.69, 9.17) is 16.2 Å². The average Bonchev–Trinajstić information content (AvgIpc) is 2.40. The van der Waals surface area contributed by atoms with E-state index >= 15 is 0 Å². The lowest BCUT2D eigenvalue weighted by Crippen LogP contribution is -2.14. The SMILES string of the molecule is NC(=O)c1ccc(N)c(Oc2ccccc2C(F)(F)F)n1. The highest BCUT2D eigenvalue weighted by Crippen LogP contribution is 2.38. The van der Waals surface area contributed by atoms with Gasteiger partial charge in [0.05, 0.1) is 11.3 Å². The number of nitrogens with two attached hydrogens (primary N) is 2. The largest absolute Gasteiger partial charge is 0.436 e. The molecule has 1 aromatic heterocycles. The van der Waals surface area contributed by atoms with E-state index in [2.05, 4.69) is 4.98 Å². The number of para-hydroxylation sites is 1. The van der Waals surface area contributed by atoms with Crippen LogP contribution in [0.1, 0.15) is 16.1 Å². The predicted octanol–water partition coefficient (Wildman–Crippen LogP) is 2.57. The van der Waals surface area contributed by atoms with Crippen LogP contribution in [0.3, 0.4) is 0 Å². The highest BCUT2D eigenvalue weighted by Gasteiger charge is 2.34. The van der Waals surface area contributed by atoms with Gasteiger partial charge in [-0.2, -0.15) is 13.2 Å². The number of hydrogen-bond donors (Lipinski definition) is 2. The van der Waals surface area contributed by atoms with Gasteiger partial charge < -0.3 is 16.2 Å². The molecule has 0 unspecified atom stereocenters. The van der Waals surface area contributed by atoms with Gasteiger partial charge in [0, 0.05) is 0 Å². The Kier molecular flexibility index (Phi) is 3.70. The molecule has 0 bridgehead atoms. The maximum absolute atomic E-state index is 12.9. The van der Waals surface area contributed by atoms with E-state index in [-0.39, 0.29) is 17.3 Å². The predicted molar refractivity (Wildman–Crippen MR) is 68.7 cm³/mol. The zero-order valence-electron chi connectivity index (χ0n) is 10.5. The van der Waals surface area contributed by atoms with E-state index in [0.717, 1.165) is 12.1 Å². The van der Waals surface area contributed by atoms with Gasteiger partial charge in [0.1, 0.15) is 11.4 Å². The molecule has 1 aromatic carbocycles. The van der Waals surface area contributed by atoms with E-state index in [0.29, 0.717) is 0 Å². The first kappa shape index (κ1) is 14.6. The third kappa shape index (κ3) is 3.22. The number of anilines is 1. The number of carbonyl (C=O) groups is 1. The summed E-state index contributed by atoms with van der Waals surface area (Å²) >= 11 is 0. The van der Waals surface area contributed by atoms with Gasteiger partial charge in [0.2, 0.25) is 5.88 Å². The van der Waals surface area contributed by atoms with Crippen molar-refractivity contribution in [1.29, 1.82) is 0 Å². The molecular formula is C13H10F3N3O2. The number of benzene rings is 1. The first-order valence-electron chi connectivity index (χ1n) is 5.69. The van der Waals surface area contributed by atoms with Crippen molar-refractivity contribution in [2.75, 3.05) is 5.73 Å². The Bertz CT molecular complexity index is 687. The molecule has 4 N–H and O–H groups in total. The Hall–Kier alpha value is -2.77. The number of ether oxygens (including phenoxy) is 1. The normalized spacial score (nSPS) is 11.2. The van der Waals surface area contributed by atoms with Crippen molar-refractivity contribution in [2.24, 2.45) is 5.73 Å². The van der Waals surface area contributed by atoms with E-state index in [1.807, 2.05) is 0 Å². The zero-order chi connectivity index (χ0) is 15.6. The van der Waals surface area contributed by atoms with Crippen LogP contribution in [0.15, 0.2) is 36.4 Å². The summed E-state index contributed by atoms with van der Waals surface area (Å²) in [5, 5.41) is 0. The zero-order valence-corrected chi connectivity index (χ0v) is 10.5. The van der Waals surface area contributed by atoms with E-state index in [1.165, 1.54) is 24.3 Å². The molecule has 1 amide bonds. The highest BCUT2D eigenvalue weighted by atomic mass is 19.4. The summed E-state index contributed by atoms with van der Waals surface area (Å²) in [5.41, 5.74) is 9.47. The molecule has 8 heteroatoms. The molecule has 0 spiro atoms. The Morgan fingerprint density at radius 3 is 2.43 bits per heavy atom. The molecule has 21 heavy (non-hydrogen) atoms. The maximum Gasteiger partial charge on any atom is 0.419 e. The number of pyridine rings is 1. The van der Waals surface area contributed by atoms with Gasteiger partial charge in [-0.15, -0.1) is 0 Å². The van der Waals surface area contributed by atoms with Crippen LogP contribution in [0.25, 0.3) is 0 Å². The van der Waals surface area contributed by atoms with Gasteiger partial charge in [-0.1, -0.05) is 12.1 Å². The minimum Gasteiger partial charge on any atom is -0.436 e. The first-order valence-corrected chi connectivity index (χ1v) is 5.69. The molecule has 0 radical (unpaired) electrons. The molecule has 0 aliphatic rings. The van der Waals surface area contributed by atoms with Crippen LogP contribution in [0.4, 0.5) is 18.9 Å². The summed E-state index contributed by atoms with van der Waals surface area (Å²) in [7, 11) is 0. The lowest BCUT2D eigenvalue weighted by molar-refractivity contribution is -0.138. The number of hydrogen-bond acceptors (Lipinski definition) is 4. The Morgan fingerprint density at radius 1 is 1.14 bits per heavy atom. The molecule has 0 atom stereocenters. The molecule has 1 heterocycles. The third-order valence-electron chi connectivity index (χ3n) is 2.54. The molecule has 2 aromatic rings. The third-order valence-corrected chi connectivity index (χ3v) is 2.54. The van der Waals surface area contributed by atoms with Gasteiger partial charge in [0.25, 0.3) is 5.91 Å². The quantitative estimate of drug-likeness (QED) is 0.910. The fraction of sp³-hybridized carbons (Fsp3) is 0.0769. The minimum atomic E-state index is -4.59. The number of carbonyl (C=O) groups excluding carboxylic acids is 1. The van der Waals surface area contributed by atoms with Crippen molar-refractivity contribution in [1.82, 2.24) is 4.98 Å². The lowest BCUT2D eigenvalue weighted by Gasteiger charge is -2.14. The second-order valence-corrected chi connectivity index (χ2v) is 4.05. The molecule has 0 fully saturated rings. The molecular weight excluding hydrogens is 287 g/mol. The van der Waals surface area contributed by atoms with Gasteiger partial charge in [0.15, 0.2) is 0 Å². The minimum absolute atomic E-state index is 0.0167. The second-order valence-electron chi connectivity index (χ2n) is 4.05. The van der Waals surface area contributed by atoms with Crippen molar-refractivity contribution < 1.29 is 22.7 Å². The topological polar surface area (TPSA) is 91.2 Å². The van der Waals surface area contributed by atoms with Crippen LogP contribution in [0.5, 0.6) is 11.6 Å². The number of nitrogens with zero attached hydrogens (tertiary/aromatic N) is 1. The van der Waals surface area contributed by atoms with Gasteiger partial charge in [-0.25, -0.2) is 4.98 Å². The molecule has 0 saturated heterocycles. The standard InChI is InChI=1S/C13H10F3N3O2/c14-13(15,16)7-3-1-2-4-10(7)21-12-8(17)5-6-9(19-12)11(18)20/h1-6H,17H2,(H2,18,20). The lowest BCUT2D eigenvalue weighted by atomic mass is 10.2. The monoisotopic (exact) mass is 297 g/mol. The Balaban J connectivity index is 2.44. The Morgan fingerprint density at radius 2 is 1.81 bits per heavy atom. The fourth-order valence-electron chi connectivity index (χ4n) is 1.56. The van der Waals surface area contributed by atoms with Gasteiger partial charge in [-0.05, 0) is 24.3 Å². The molecule has 0 aliphatic carbocycles. The number of halogens is 3. The maximum atomic E-state index is 12.9. The van der Waals surface area contributed by atoms with Crippen LogP contribution in [0.2, 0.25) is 0 Å². The van der Waals surface area contributed by atoms with Crippen molar-refractivity contribution in [2.45, 2.75) is 6.18 Å². The van der Waals surface area contributed by atoms with Crippen molar-refractivity contribution >= 4 is 11.6 Å². The second kappa shape index (κ2) is 5.31. The van der Waals surface area contributed by atoms with Crippen LogP contribution in [-0.2, 0) is 6.18 Å². The van der Waals surface area contributed by atoms with Crippen molar-refractivity contribution in [3.63, 3.8) is 0 Å². The first-order chi connectivity index (χ1) is 9.79. The molecule has 5 nitrogen and oxygen atoms in total. The molecule has 0 saturated carbocycles. The summed E-state index contributed by atoms with van der Waals surface area (Å²) in [6, 6.07) is 7.12. The summed E-state index contributed by atoms with van der Waals surface area (Å²) < 4.78 is 43.7. The van der Waals surface area contributed by atoms with Crippen molar-refractivity contribution in [3.05, 3.63) is 47.7 Å². The number of rotatable bonds is 3. The summed E-state index contributed by atoms with van der Waals surface area (Å²) in [5.74, 6) is -1.63. The van der Waals surface area contributed by atoms with E-state index in [1.54, 1.807) is 0 Å². The van der Waals surface area contributed by atoms with Gasteiger partial charge >= 0.3 is 6.18 Å².